The zero-order valence-electron chi connectivity index (χ0n) is 25.2. The largest absolute Gasteiger partial charge is 0.463 e. The number of nitrogens with one attached hydrogen (secondary N) is 1. The van der Waals surface area contributed by atoms with Crippen LogP contribution in [0.4, 0.5) is 0 Å². The average Bonchev–Trinajstić information content (AvgIpc) is 2.99. The maximum Gasteiger partial charge on any atom is 0.243 e. The quantitative estimate of drug-likeness (QED) is 0.253. The second kappa shape index (κ2) is 16.1. The Kier molecular flexibility index (Phi) is 12.6. The third kappa shape index (κ3) is 10.0. The van der Waals surface area contributed by atoms with Gasteiger partial charge in [-0.05, 0) is 74.0 Å². The maximum atomic E-state index is 12.9. The third-order valence-corrected chi connectivity index (χ3v) is 9.54. The molecule has 2 aromatic carbocycles. The van der Waals surface area contributed by atoms with Gasteiger partial charge in [-0.3, -0.25) is 0 Å². The first-order valence-electron chi connectivity index (χ1n) is 15.3. The van der Waals surface area contributed by atoms with Crippen molar-refractivity contribution in [2.45, 2.75) is 82.2 Å². The second-order valence-corrected chi connectivity index (χ2v) is 13.5. The van der Waals surface area contributed by atoms with Crippen molar-refractivity contribution in [2.75, 3.05) is 52.6 Å². The molecule has 0 amide bonds. The van der Waals surface area contributed by atoms with Crippen LogP contribution in [0.5, 0.6) is 5.75 Å². The number of morpholine rings is 1. The lowest BCUT2D eigenvalue weighted by Crippen LogP contribution is -2.40. The molecule has 2 aliphatic rings. The van der Waals surface area contributed by atoms with E-state index in [0.717, 1.165) is 87.1 Å². The number of sulfonamides is 1. The Balaban J connectivity index is 0.991. The molecule has 1 saturated heterocycles. The highest BCUT2D eigenvalue weighted by Gasteiger charge is 2.28. The van der Waals surface area contributed by atoms with E-state index in [9.17, 15) is 13.5 Å². The molecule has 2 aliphatic heterocycles. The summed E-state index contributed by atoms with van der Waals surface area (Å²) in [6, 6.07) is 13.1. The Morgan fingerprint density at radius 3 is 2.57 bits per heavy atom. The number of hydrogen-bond donors (Lipinski definition) is 2. The molecule has 2 aromatic rings. The maximum absolute atomic E-state index is 12.9. The van der Waals surface area contributed by atoms with Crippen LogP contribution in [0, 0.1) is 0 Å². The molecular weight excluding hydrogens is 556 g/mol. The van der Waals surface area contributed by atoms with E-state index in [4.69, 9.17) is 18.9 Å². The number of nitrogens with zero attached hydrogens (tertiary/aromatic N) is 1. The van der Waals surface area contributed by atoms with E-state index in [1.807, 2.05) is 44.2 Å². The van der Waals surface area contributed by atoms with Crippen molar-refractivity contribution in [3.8, 4) is 5.75 Å². The Labute approximate surface area is 251 Å². The molecule has 0 bridgehead atoms. The smallest absolute Gasteiger partial charge is 0.243 e. The van der Waals surface area contributed by atoms with E-state index >= 15 is 0 Å². The van der Waals surface area contributed by atoms with Crippen LogP contribution in [-0.4, -0.2) is 76.2 Å². The van der Waals surface area contributed by atoms with E-state index in [1.54, 1.807) is 12.1 Å². The summed E-state index contributed by atoms with van der Waals surface area (Å²) in [7, 11) is -3.46. The highest BCUT2D eigenvalue weighted by atomic mass is 32.2. The van der Waals surface area contributed by atoms with Crippen molar-refractivity contribution in [1.82, 2.24) is 9.62 Å². The highest BCUT2D eigenvalue weighted by molar-refractivity contribution is 7.89. The van der Waals surface area contributed by atoms with E-state index < -0.39 is 21.9 Å². The molecule has 10 heteroatoms. The van der Waals surface area contributed by atoms with Gasteiger partial charge >= 0.3 is 0 Å². The van der Waals surface area contributed by atoms with Crippen LogP contribution in [0.1, 0.15) is 75.2 Å². The summed E-state index contributed by atoms with van der Waals surface area (Å²) in [5.41, 5.74) is 2.88. The van der Waals surface area contributed by atoms with Gasteiger partial charge in [-0.2, -0.15) is 4.31 Å². The number of aliphatic hydroxyl groups excluding tert-OH is 1. The fourth-order valence-corrected chi connectivity index (χ4v) is 6.64. The number of ether oxygens (including phenoxy) is 4. The van der Waals surface area contributed by atoms with Crippen LogP contribution < -0.4 is 10.1 Å². The Morgan fingerprint density at radius 1 is 1.00 bits per heavy atom. The predicted octanol–water partition coefficient (Wildman–Crippen LogP) is 4.58. The molecule has 4 rings (SSSR count). The van der Waals surface area contributed by atoms with Gasteiger partial charge in [0.15, 0.2) is 0 Å². The minimum atomic E-state index is -3.46. The molecule has 0 aliphatic carbocycles. The van der Waals surface area contributed by atoms with Gasteiger partial charge in [-0.15, -0.1) is 0 Å². The lowest BCUT2D eigenvalue weighted by molar-refractivity contribution is -0.180. The standard InChI is InChI=1S/C32H48N2O7S/c1-32(2)40-25-28-23-27(13-14-31(28)41-32)30(35)24-33-15-6-3-4-7-18-38-19-8-5-10-26-11-9-12-29(22-26)42(36,37)34-16-20-39-21-17-34/h9,11-14,22-23,30,33,35H,3-8,10,15-21,24-25H2,1-2H3/t30-/m0/s1. The molecule has 42 heavy (non-hydrogen) atoms. The number of rotatable bonds is 17. The number of unbranched alkanes of at least 4 members (excludes halogenated alkanes) is 4. The average molecular weight is 605 g/mol. The molecule has 234 valence electrons. The number of aliphatic hydroxyl groups is 1. The second-order valence-electron chi connectivity index (χ2n) is 11.5. The van der Waals surface area contributed by atoms with Crippen LogP contribution in [0.15, 0.2) is 47.4 Å². The zero-order valence-corrected chi connectivity index (χ0v) is 26.0. The van der Waals surface area contributed by atoms with Crippen LogP contribution >= 0.6 is 0 Å². The molecule has 0 unspecified atom stereocenters. The fourth-order valence-electron chi connectivity index (χ4n) is 5.16. The Hall–Kier alpha value is -2.05. The molecule has 2 N–H and O–H groups in total. The lowest BCUT2D eigenvalue weighted by Gasteiger charge is -2.33. The van der Waals surface area contributed by atoms with E-state index in [2.05, 4.69) is 5.32 Å². The van der Waals surface area contributed by atoms with Crippen molar-refractivity contribution in [3.05, 3.63) is 59.2 Å². The van der Waals surface area contributed by atoms with Gasteiger partial charge in [-0.25, -0.2) is 8.42 Å². The number of hydrogen-bond acceptors (Lipinski definition) is 8. The summed E-state index contributed by atoms with van der Waals surface area (Å²) >= 11 is 0. The first kappa shape index (κ1) is 32.9. The topological polar surface area (TPSA) is 107 Å². The summed E-state index contributed by atoms with van der Waals surface area (Å²) in [5, 5.41) is 13.9. The predicted molar refractivity (Wildman–Crippen MR) is 162 cm³/mol. The van der Waals surface area contributed by atoms with Gasteiger partial charge in [0.05, 0.1) is 30.8 Å². The van der Waals surface area contributed by atoms with Gasteiger partial charge in [0.25, 0.3) is 0 Å². The molecule has 0 spiro atoms. The normalized spacial score (nSPS) is 17.9. The van der Waals surface area contributed by atoms with Crippen molar-refractivity contribution in [1.29, 1.82) is 0 Å². The lowest BCUT2D eigenvalue weighted by atomic mass is 10.0. The van der Waals surface area contributed by atoms with Gasteiger partial charge in [0, 0.05) is 52.3 Å². The van der Waals surface area contributed by atoms with E-state index in [1.165, 1.54) is 4.31 Å². The molecule has 1 atom stereocenters. The van der Waals surface area contributed by atoms with Crippen LogP contribution in [0.3, 0.4) is 0 Å². The molecule has 0 saturated carbocycles. The molecule has 1 fully saturated rings. The summed E-state index contributed by atoms with van der Waals surface area (Å²) in [5.74, 6) is 0.202. The van der Waals surface area contributed by atoms with Crippen molar-refractivity contribution < 1.29 is 32.5 Å². The minimum absolute atomic E-state index is 0.370. The van der Waals surface area contributed by atoms with E-state index in [-0.39, 0.29) is 0 Å². The summed E-state index contributed by atoms with van der Waals surface area (Å²) < 4.78 is 49.9. The van der Waals surface area contributed by atoms with Gasteiger partial charge in [0.2, 0.25) is 15.8 Å². The van der Waals surface area contributed by atoms with Crippen molar-refractivity contribution >= 4 is 10.0 Å². The zero-order chi connectivity index (χ0) is 29.8. The highest BCUT2D eigenvalue weighted by Crippen LogP contribution is 2.32. The summed E-state index contributed by atoms with van der Waals surface area (Å²) in [4.78, 5) is 0.370. The Morgan fingerprint density at radius 2 is 1.76 bits per heavy atom. The Bertz CT molecular complexity index is 1220. The SMILES string of the molecule is CC1(C)OCc2cc([C@@H](O)CNCCCCCCOCCCCc3cccc(S(=O)(=O)N4CCOCC4)c3)ccc2O1. The van der Waals surface area contributed by atoms with Gasteiger partial charge in [-0.1, -0.05) is 31.0 Å². The molecule has 0 radical (unpaired) electrons. The van der Waals surface area contributed by atoms with Crippen molar-refractivity contribution in [2.24, 2.45) is 0 Å². The van der Waals surface area contributed by atoms with E-state index in [0.29, 0.717) is 44.4 Å². The first-order chi connectivity index (χ1) is 20.2. The number of benzene rings is 2. The molecule has 2 heterocycles. The molecular formula is C32H48N2O7S. The third-order valence-electron chi connectivity index (χ3n) is 7.64. The minimum Gasteiger partial charge on any atom is -0.463 e. The van der Waals surface area contributed by atoms with Crippen molar-refractivity contribution in [3.63, 3.8) is 0 Å². The van der Waals surface area contributed by atoms with Gasteiger partial charge in [0.1, 0.15) is 5.75 Å². The number of aryl methyl sites for hydroxylation is 1. The molecule has 9 nitrogen and oxygen atoms in total. The monoisotopic (exact) mass is 604 g/mol. The summed E-state index contributed by atoms with van der Waals surface area (Å²) in [6.07, 6.45) is 6.54. The fraction of sp³-hybridized carbons (Fsp3) is 0.625. The summed E-state index contributed by atoms with van der Waals surface area (Å²) in [6.45, 7) is 8.88. The van der Waals surface area contributed by atoms with Crippen LogP contribution in [-0.2, 0) is 37.3 Å². The first-order valence-corrected chi connectivity index (χ1v) is 16.8. The van der Waals surface area contributed by atoms with Crippen LogP contribution in [0.2, 0.25) is 0 Å². The van der Waals surface area contributed by atoms with Gasteiger partial charge < -0.3 is 29.4 Å². The number of fused-ring (bicyclic) bond motifs is 1. The molecule has 0 aromatic heterocycles. The van der Waals surface area contributed by atoms with Crippen LogP contribution in [0.25, 0.3) is 0 Å².